The Bertz CT molecular complexity index is 3340. The molecule has 0 spiro atoms. The first-order chi connectivity index (χ1) is 32.8. The van der Waals surface area contributed by atoms with Crippen LogP contribution < -0.4 is 17.0 Å². The molecule has 1 fully saturated rings. The zero-order chi connectivity index (χ0) is 49.5. The monoisotopic (exact) mass is 1120 g/mol. The van der Waals surface area contributed by atoms with E-state index < -0.39 is 31.2 Å². The molecule has 0 aliphatic carbocycles. The molecule has 0 atom stereocenters. The molecule has 0 amide bonds. The van der Waals surface area contributed by atoms with E-state index in [9.17, 15) is 26.7 Å². The number of aliphatic hydroxyl groups is 1. The molecule has 20 heteroatoms. The Hall–Kier alpha value is -5.28. The number of esters is 1. The maximum absolute atomic E-state index is 12.1. The number of carbonyl (C=O) groups excluding carboxylic acids is 1. The average Bonchev–Trinajstić information content (AvgIpc) is 4.15. The standard InChI is InChI=1S/C24H22ClN3O3S.C23H18ClN3O4S.C4H8O.CH3.BrH.Mg/c1-24(2,29)23-14-22(19-9-4-5-10-20(19)25)28(27-23)17-11-12-21(26-15-17)16-7-6-8-18(13-16)32(3,30)31;1-31-23(28)21-13-22(18-8-3-4-9-19(18)24)27(26-21)16-10-11-20(25-14-16)15-6-5-7-17(12-15)32(2,29)30;1-2-4-5-3-1;;;/h4-15,29H,1-3H3;3-14H,1-2H3;1-4H2;1H3;1H;/q;;;-1;;+2/p-1. The molecule has 1 aliphatic rings. The molecule has 372 valence electrons. The van der Waals surface area contributed by atoms with E-state index in [4.69, 9.17) is 32.7 Å². The molecule has 5 heterocycles. The van der Waals surface area contributed by atoms with E-state index in [-0.39, 0.29) is 62.9 Å². The predicted octanol–water partition coefficient (Wildman–Crippen LogP) is 7.20. The van der Waals surface area contributed by atoms with Crippen molar-refractivity contribution in [2.24, 2.45) is 0 Å². The largest absolute Gasteiger partial charge is 2.00 e. The normalized spacial score (nSPS) is 12.1. The number of hydrogen-bond donors (Lipinski definition) is 1. The molecule has 14 nitrogen and oxygen atoms in total. The third-order valence-corrected chi connectivity index (χ3v) is 13.5. The Kier molecular flexibility index (Phi) is 21.1. The molecule has 8 aromatic rings. The van der Waals surface area contributed by atoms with Gasteiger partial charge in [0.15, 0.2) is 25.4 Å². The van der Waals surface area contributed by atoms with Crippen LogP contribution in [0, 0.1) is 7.43 Å². The minimum absolute atomic E-state index is 0. The van der Waals surface area contributed by atoms with Crippen LogP contribution in [-0.2, 0) is 34.7 Å². The molecule has 1 aliphatic heterocycles. The predicted molar refractivity (Wildman–Crippen MR) is 280 cm³/mol. The van der Waals surface area contributed by atoms with Gasteiger partial charge >= 0.3 is 29.0 Å². The van der Waals surface area contributed by atoms with Crippen LogP contribution in [0.4, 0.5) is 0 Å². The molecule has 72 heavy (non-hydrogen) atoms. The second kappa shape index (κ2) is 25.6. The quantitative estimate of drug-likeness (QED) is 0.0827. The summed E-state index contributed by atoms with van der Waals surface area (Å²) in [4.78, 5) is 21.5. The molecule has 1 saturated heterocycles. The Balaban J connectivity index is 0.000000274. The third kappa shape index (κ3) is 14.7. The van der Waals surface area contributed by atoms with Crippen LogP contribution in [0.1, 0.15) is 42.9 Å². The van der Waals surface area contributed by atoms with E-state index in [0.717, 1.165) is 30.7 Å². The van der Waals surface area contributed by atoms with Crippen LogP contribution in [-0.4, -0.2) is 113 Å². The topological polar surface area (TPSA) is 185 Å². The molecule has 9 rings (SSSR count). The number of hydrogen-bond acceptors (Lipinski definition) is 12. The van der Waals surface area contributed by atoms with E-state index in [1.54, 1.807) is 114 Å². The van der Waals surface area contributed by atoms with Crippen molar-refractivity contribution in [3.63, 3.8) is 0 Å². The van der Waals surface area contributed by atoms with Crippen LogP contribution in [0.25, 0.3) is 56.4 Å². The first kappa shape index (κ1) is 59.3. The average molecular weight is 1130 g/mol. The SMILES string of the molecule is C1CCOC1.CC(C)(O)c1cc(-c2ccccc2Cl)n(-c2ccc(-c3cccc(S(C)(=O)=O)c3)nc2)n1.COC(=O)c1cc(-c2ccccc2Cl)n(-c2ccc(-c3cccc(S(C)(=O)=O)c3)nc2)n1.[Br-].[CH3-].[Mg+2]. The molecule has 4 aromatic carbocycles. The molecule has 0 radical (unpaired) electrons. The summed E-state index contributed by atoms with van der Waals surface area (Å²) in [5, 5.41) is 20.6. The Morgan fingerprint density at radius 2 is 1.10 bits per heavy atom. The molecule has 4 aromatic heterocycles. The second-order valence-corrected chi connectivity index (χ2v) is 21.2. The fourth-order valence-electron chi connectivity index (χ4n) is 7.03. The summed E-state index contributed by atoms with van der Waals surface area (Å²) in [5.41, 5.74) is 6.16. The molecule has 0 saturated carbocycles. The maximum atomic E-state index is 12.1. The van der Waals surface area contributed by atoms with Gasteiger partial charge in [-0.15, -0.1) is 0 Å². The van der Waals surface area contributed by atoms with E-state index >= 15 is 0 Å². The first-order valence-corrected chi connectivity index (χ1v) is 26.0. The number of benzene rings is 4. The van der Waals surface area contributed by atoms with Gasteiger partial charge in [0.2, 0.25) is 0 Å². The zero-order valence-corrected chi connectivity index (χ0v) is 46.5. The summed E-state index contributed by atoms with van der Waals surface area (Å²) in [6.07, 6.45) is 8.15. The van der Waals surface area contributed by atoms with E-state index in [1.165, 1.54) is 26.2 Å². The number of halogens is 3. The minimum Gasteiger partial charge on any atom is -1.00 e. The smallest absolute Gasteiger partial charge is 1.00 e. The molecule has 1 N–H and O–H groups in total. The fraction of sp³-hybridized carbons (Fsp3) is 0.192. The number of carbonyl (C=O) groups is 1. The summed E-state index contributed by atoms with van der Waals surface area (Å²) in [5.74, 6) is -0.570. The van der Waals surface area contributed by atoms with Crippen molar-refractivity contribution >= 4 is 71.9 Å². The van der Waals surface area contributed by atoms with Gasteiger partial charge in [-0.2, -0.15) is 10.2 Å². The molecular formula is C52H51BrCl2MgN6O8S2. The van der Waals surface area contributed by atoms with Crippen molar-refractivity contribution in [1.82, 2.24) is 29.5 Å². The van der Waals surface area contributed by atoms with Crippen molar-refractivity contribution in [1.29, 1.82) is 0 Å². The zero-order valence-electron chi connectivity index (χ0n) is 40.3. The second-order valence-electron chi connectivity index (χ2n) is 16.4. The van der Waals surface area contributed by atoms with Crippen molar-refractivity contribution in [2.75, 3.05) is 32.8 Å². The Morgan fingerprint density at radius 1 is 0.653 bits per heavy atom. The van der Waals surface area contributed by atoms with E-state index in [2.05, 4.69) is 20.2 Å². The van der Waals surface area contributed by atoms with Gasteiger partial charge in [-0.3, -0.25) is 9.97 Å². The van der Waals surface area contributed by atoms with Crippen molar-refractivity contribution in [3.8, 4) is 56.4 Å². The van der Waals surface area contributed by atoms with Gasteiger partial charge in [-0.05, 0) is 99.5 Å². The number of methoxy groups -OCH3 is 1. The number of rotatable bonds is 10. The first-order valence-electron chi connectivity index (χ1n) is 21.4. The minimum atomic E-state index is -3.33. The van der Waals surface area contributed by atoms with E-state index in [0.29, 0.717) is 60.9 Å². The van der Waals surface area contributed by atoms with E-state index in [1.807, 2.05) is 54.6 Å². The summed E-state index contributed by atoms with van der Waals surface area (Å²) >= 11 is 12.8. The fourth-order valence-corrected chi connectivity index (χ4v) is 8.83. The van der Waals surface area contributed by atoms with Crippen LogP contribution in [0.2, 0.25) is 10.0 Å². The van der Waals surface area contributed by atoms with Gasteiger partial charge in [0.05, 0.1) is 69.1 Å². The number of sulfone groups is 2. The third-order valence-electron chi connectivity index (χ3n) is 10.7. The van der Waals surface area contributed by atoms with Crippen LogP contribution in [0.3, 0.4) is 0 Å². The number of aromatic nitrogens is 6. The van der Waals surface area contributed by atoms with Crippen LogP contribution in [0.5, 0.6) is 0 Å². The Labute approximate surface area is 457 Å². The van der Waals surface area contributed by atoms with Gasteiger partial charge < -0.3 is 39.0 Å². The molecule has 0 bridgehead atoms. The van der Waals surface area contributed by atoms with Gasteiger partial charge in [0.1, 0.15) is 5.60 Å². The van der Waals surface area contributed by atoms with Gasteiger partial charge in [-0.25, -0.2) is 31.0 Å². The summed E-state index contributed by atoms with van der Waals surface area (Å²) < 4.78 is 60.5. The van der Waals surface area contributed by atoms with Gasteiger partial charge in [0, 0.05) is 58.0 Å². The van der Waals surface area contributed by atoms with Gasteiger partial charge in [-0.1, -0.05) is 83.9 Å². The molecular weight excluding hydrogens is 1080 g/mol. The summed E-state index contributed by atoms with van der Waals surface area (Å²) in [6, 6.07) is 38.5. The van der Waals surface area contributed by atoms with Crippen molar-refractivity contribution < 1.29 is 53.2 Å². The van der Waals surface area contributed by atoms with Crippen molar-refractivity contribution in [3.05, 3.63) is 175 Å². The van der Waals surface area contributed by atoms with Gasteiger partial charge in [0.25, 0.3) is 0 Å². The van der Waals surface area contributed by atoms with Crippen LogP contribution >= 0.6 is 23.2 Å². The number of pyridine rings is 2. The molecule has 0 unspecified atom stereocenters. The number of ether oxygens (including phenoxy) is 2. The Morgan fingerprint density at radius 3 is 1.47 bits per heavy atom. The van der Waals surface area contributed by atoms with Crippen LogP contribution in [0.15, 0.2) is 156 Å². The number of nitrogens with zero attached hydrogens (tertiary/aromatic N) is 6. The summed E-state index contributed by atoms with van der Waals surface area (Å²) in [7, 11) is -5.36. The maximum Gasteiger partial charge on any atom is 2.00 e. The summed E-state index contributed by atoms with van der Waals surface area (Å²) in [6.45, 7) is 5.35. The van der Waals surface area contributed by atoms with Crippen molar-refractivity contribution in [2.45, 2.75) is 42.1 Å².